The van der Waals surface area contributed by atoms with Crippen LogP contribution in [0, 0.1) is 23.7 Å². The van der Waals surface area contributed by atoms with Crippen molar-refractivity contribution in [2.24, 2.45) is 30.7 Å². The van der Waals surface area contributed by atoms with E-state index in [4.69, 9.17) is 4.74 Å². The Bertz CT molecular complexity index is 512. The molecule has 0 saturated heterocycles. The van der Waals surface area contributed by atoms with Gasteiger partial charge in [-0.1, -0.05) is 6.42 Å². The van der Waals surface area contributed by atoms with Gasteiger partial charge >= 0.3 is 0 Å². The lowest BCUT2D eigenvalue weighted by molar-refractivity contribution is -0.0587. The second-order valence-electron chi connectivity index (χ2n) is 6.67. The standard InChI is InChI=1S/C15H22N2O2/c1-17-14(13(19-2)8-16-17)15(18)7-9-6-12(15)11-5-3-4-10(9)11/h8-12,18H,3-7H2,1-2H3. The van der Waals surface area contributed by atoms with E-state index < -0.39 is 5.60 Å². The van der Waals surface area contributed by atoms with E-state index in [0.717, 1.165) is 29.7 Å². The van der Waals surface area contributed by atoms with Gasteiger partial charge in [-0.2, -0.15) is 5.10 Å². The summed E-state index contributed by atoms with van der Waals surface area (Å²) in [6, 6.07) is 0. The molecule has 5 unspecified atom stereocenters. The highest BCUT2D eigenvalue weighted by Crippen LogP contribution is 2.65. The SMILES string of the molecule is COc1cnn(C)c1C1(O)CC2CC1C1CCCC21. The first kappa shape index (κ1) is 11.8. The van der Waals surface area contributed by atoms with Crippen LogP contribution in [-0.4, -0.2) is 22.0 Å². The monoisotopic (exact) mass is 262 g/mol. The van der Waals surface area contributed by atoms with Gasteiger partial charge in [0.1, 0.15) is 11.3 Å². The summed E-state index contributed by atoms with van der Waals surface area (Å²) in [5.74, 6) is 3.47. The van der Waals surface area contributed by atoms with Gasteiger partial charge in [-0.25, -0.2) is 0 Å². The Kier molecular flexibility index (Phi) is 2.32. The minimum atomic E-state index is -0.716. The zero-order valence-electron chi connectivity index (χ0n) is 11.7. The first-order valence-corrected chi connectivity index (χ1v) is 7.44. The molecular formula is C15H22N2O2. The molecule has 4 rings (SSSR count). The van der Waals surface area contributed by atoms with Crippen molar-refractivity contribution in [3.8, 4) is 5.75 Å². The van der Waals surface area contributed by atoms with Gasteiger partial charge < -0.3 is 9.84 Å². The molecule has 1 N–H and O–H groups in total. The third kappa shape index (κ3) is 1.36. The highest BCUT2D eigenvalue weighted by Gasteiger charge is 2.62. The third-order valence-electron chi connectivity index (χ3n) is 6.03. The first-order chi connectivity index (χ1) is 9.15. The van der Waals surface area contributed by atoms with Crippen LogP contribution in [0.25, 0.3) is 0 Å². The fraction of sp³-hybridized carbons (Fsp3) is 0.800. The molecule has 3 aliphatic carbocycles. The van der Waals surface area contributed by atoms with Gasteiger partial charge in [0.2, 0.25) is 0 Å². The minimum Gasteiger partial charge on any atom is -0.493 e. The topological polar surface area (TPSA) is 47.3 Å². The van der Waals surface area contributed by atoms with E-state index in [2.05, 4.69) is 5.10 Å². The van der Waals surface area contributed by atoms with Crippen molar-refractivity contribution < 1.29 is 9.84 Å². The minimum absolute atomic E-state index is 0.411. The van der Waals surface area contributed by atoms with Crippen molar-refractivity contribution in [2.75, 3.05) is 7.11 Å². The number of rotatable bonds is 2. The molecule has 1 aromatic rings. The van der Waals surface area contributed by atoms with Crippen LogP contribution in [0.2, 0.25) is 0 Å². The summed E-state index contributed by atoms with van der Waals surface area (Å²) in [6.07, 6.45) is 7.85. The largest absolute Gasteiger partial charge is 0.493 e. The van der Waals surface area contributed by atoms with Crippen molar-refractivity contribution in [3.63, 3.8) is 0 Å². The quantitative estimate of drug-likeness (QED) is 0.887. The molecule has 3 saturated carbocycles. The maximum atomic E-state index is 11.3. The highest BCUT2D eigenvalue weighted by atomic mass is 16.5. The molecular weight excluding hydrogens is 240 g/mol. The smallest absolute Gasteiger partial charge is 0.162 e. The molecule has 1 aromatic heterocycles. The molecule has 4 heteroatoms. The molecule has 4 nitrogen and oxygen atoms in total. The summed E-state index contributed by atoms with van der Waals surface area (Å²) in [7, 11) is 3.57. The zero-order valence-corrected chi connectivity index (χ0v) is 11.7. The van der Waals surface area contributed by atoms with Gasteiger partial charge in [0, 0.05) is 7.05 Å². The number of nitrogens with zero attached hydrogens (tertiary/aromatic N) is 2. The summed E-state index contributed by atoms with van der Waals surface area (Å²) in [4.78, 5) is 0. The molecule has 2 bridgehead atoms. The maximum Gasteiger partial charge on any atom is 0.162 e. The van der Waals surface area contributed by atoms with Crippen LogP contribution in [-0.2, 0) is 12.6 Å². The number of hydrogen-bond acceptors (Lipinski definition) is 3. The number of aromatic nitrogens is 2. The lowest BCUT2D eigenvalue weighted by Crippen LogP contribution is -2.40. The number of aryl methyl sites for hydroxylation is 1. The summed E-state index contributed by atoms with van der Waals surface area (Å²) in [6.45, 7) is 0. The predicted octanol–water partition coefficient (Wildman–Crippen LogP) is 2.07. The molecule has 3 aliphatic rings. The highest BCUT2D eigenvalue weighted by molar-refractivity contribution is 5.34. The Morgan fingerprint density at radius 2 is 2.21 bits per heavy atom. The van der Waals surface area contributed by atoms with Crippen molar-refractivity contribution >= 4 is 0 Å². The molecule has 19 heavy (non-hydrogen) atoms. The van der Waals surface area contributed by atoms with Crippen molar-refractivity contribution in [1.82, 2.24) is 9.78 Å². The number of methoxy groups -OCH3 is 1. The molecule has 5 atom stereocenters. The number of ether oxygens (including phenoxy) is 1. The molecule has 104 valence electrons. The average Bonchev–Trinajstić information content (AvgIpc) is 3.07. The van der Waals surface area contributed by atoms with E-state index in [1.54, 1.807) is 13.3 Å². The molecule has 0 aliphatic heterocycles. The van der Waals surface area contributed by atoms with Gasteiger partial charge in [0.05, 0.1) is 13.3 Å². The molecule has 0 radical (unpaired) electrons. The van der Waals surface area contributed by atoms with Crippen LogP contribution in [0.1, 0.15) is 37.8 Å². The summed E-state index contributed by atoms with van der Waals surface area (Å²) >= 11 is 0. The predicted molar refractivity (Wildman–Crippen MR) is 70.7 cm³/mol. The Morgan fingerprint density at radius 3 is 3.00 bits per heavy atom. The summed E-state index contributed by atoms with van der Waals surface area (Å²) in [5, 5.41) is 15.6. The Labute approximate surface area is 113 Å². The van der Waals surface area contributed by atoms with Crippen LogP contribution in [0.15, 0.2) is 6.20 Å². The number of hydrogen-bond donors (Lipinski definition) is 1. The number of aliphatic hydroxyl groups is 1. The fourth-order valence-corrected chi connectivity index (χ4v) is 5.45. The Morgan fingerprint density at radius 1 is 1.42 bits per heavy atom. The van der Waals surface area contributed by atoms with Crippen LogP contribution in [0.3, 0.4) is 0 Å². The molecule has 0 spiro atoms. The van der Waals surface area contributed by atoms with Crippen molar-refractivity contribution in [2.45, 2.75) is 37.7 Å². The van der Waals surface area contributed by atoms with Gasteiger partial charge in [0.15, 0.2) is 5.75 Å². The lowest BCUT2D eigenvalue weighted by Gasteiger charge is -2.39. The first-order valence-electron chi connectivity index (χ1n) is 7.44. The normalized spacial score (nSPS) is 43.7. The zero-order chi connectivity index (χ0) is 13.2. The van der Waals surface area contributed by atoms with Crippen LogP contribution < -0.4 is 4.74 Å². The molecule has 1 heterocycles. The van der Waals surface area contributed by atoms with E-state index in [1.807, 2.05) is 11.7 Å². The second kappa shape index (κ2) is 3.75. The van der Waals surface area contributed by atoms with Gasteiger partial charge in [-0.05, 0) is 49.4 Å². The average molecular weight is 262 g/mol. The lowest BCUT2D eigenvalue weighted by atomic mass is 9.71. The van der Waals surface area contributed by atoms with Crippen molar-refractivity contribution in [3.05, 3.63) is 11.9 Å². The fourth-order valence-electron chi connectivity index (χ4n) is 5.45. The van der Waals surface area contributed by atoms with Gasteiger partial charge in [0.25, 0.3) is 0 Å². The van der Waals surface area contributed by atoms with Crippen LogP contribution >= 0.6 is 0 Å². The Balaban J connectivity index is 1.77. The van der Waals surface area contributed by atoms with E-state index in [0.29, 0.717) is 11.8 Å². The molecule has 3 fully saturated rings. The van der Waals surface area contributed by atoms with Crippen LogP contribution in [0.4, 0.5) is 0 Å². The van der Waals surface area contributed by atoms with Crippen molar-refractivity contribution in [1.29, 1.82) is 0 Å². The van der Waals surface area contributed by atoms with E-state index in [-0.39, 0.29) is 0 Å². The number of fused-ring (bicyclic) bond motifs is 5. The summed E-state index contributed by atoms with van der Waals surface area (Å²) in [5.41, 5.74) is 0.181. The molecule has 0 amide bonds. The second-order valence-corrected chi connectivity index (χ2v) is 6.67. The van der Waals surface area contributed by atoms with Gasteiger partial charge in [-0.15, -0.1) is 0 Å². The summed E-state index contributed by atoms with van der Waals surface area (Å²) < 4.78 is 7.23. The third-order valence-corrected chi connectivity index (χ3v) is 6.03. The van der Waals surface area contributed by atoms with E-state index in [9.17, 15) is 5.11 Å². The molecule has 0 aromatic carbocycles. The van der Waals surface area contributed by atoms with Crippen LogP contribution in [0.5, 0.6) is 5.75 Å². The van der Waals surface area contributed by atoms with E-state index >= 15 is 0 Å². The van der Waals surface area contributed by atoms with E-state index in [1.165, 1.54) is 25.7 Å². The maximum absolute atomic E-state index is 11.3. The van der Waals surface area contributed by atoms with Gasteiger partial charge in [-0.3, -0.25) is 4.68 Å². The Hall–Kier alpha value is -1.03.